The first kappa shape index (κ1) is 33.8. The Bertz CT molecular complexity index is 1720. The summed E-state index contributed by atoms with van der Waals surface area (Å²) in [5, 5.41) is 0.197. The van der Waals surface area contributed by atoms with E-state index in [0.29, 0.717) is 18.1 Å². The predicted octanol–water partition coefficient (Wildman–Crippen LogP) is 9.30. The normalized spacial score (nSPS) is 12.2. The molecule has 4 aromatic rings. The molecular weight excluding hydrogens is 607 g/mol. The van der Waals surface area contributed by atoms with Gasteiger partial charge in [0.25, 0.3) is 5.76 Å². The van der Waals surface area contributed by atoms with Crippen LogP contribution in [0.3, 0.4) is 0 Å². The lowest BCUT2D eigenvalue weighted by Crippen LogP contribution is -2.31. The van der Waals surface area contributed by atoms with Crippen molar-refractivity contribution in [3.8, 4) is 17.2 Å². The van der Waals surface area contributed by atoms with Crippen LogP contribution in [0.2, 0.25) is 5.02 Å². The number of hydrogen-bond acceptors (Lipinski definition) is 6. The third-order valence-electron chi connectivity index (χ3n) is 6.70. The van der Waals surface area contributed by atoms with Crippen molar-refractivity contribution in [2.45, 2.75) is 47.3 Å². The number of fused-ring (bicyclic) bond motifs is 1. The number of halogens is 4. The highest BCUT2D eigenvalue weighted by molar-refractivity contribution is 6.30. The van der Waals surface area contributed by atoms with Gasteiger partial charge < -0.3 is 13.9 Å². The van der Waals surface area contributed by atoms with Crippen molar-refractivity contribution in [2.24, 2.45) is 11.8 Å². The number of benzene rings is 3. The summed E-state index contributed by atoms with van der Waals surface area (Å²) in [4.78, 5) is 28.6. The van der Waals surface area contributed by atoms with Gasteiger partial charge in [0.1, 0.15) is 17.1 Å². The first-order valence-corrected chi connectivity index (χ1v) is 14.9. The number of nitrogens with zero attached hydrogens (tertiary/aromatic N) is 1. The van der Waals surface area contributed by atoms with Crippen LogP contribution in [-0.2, 0) is 17.5 Å². The van der Waals surface area contributed by atoms with E-state index in [1.807, 2.05) is 63.8 Å². The fourth-order valence-electron chi connectivity index (χ4n) is 4.87. The highest BCUT2D eigenvalue weighted by atomic mass is 35.5. The largest absolute Gasteiger partial charge is 0.453 e. The second-order valence-electron chi connectivity index (χ2n) is 11.7. The fourth-order valence-corrected chi connectivity index (χ4v) is 4.99. The lowest BCUT2D eigenvalue weighted by atomic mass is 10.1. The van der Waals surface area contributed by atoms with Crippen LogP contribution >= 0.6 is 11.6 Å². The standard InChI is InChI=1S/C35H35ClF3NO5/c1-21(2)18-40(19-22(3)4)20-28-29(44-30(41)17-10-24-8-6-23(5)7-9-24)16-15-27-31(42)33(34(35(37,38)39)45-32(27)28)43-26-13-11-25(36)12-14-26/h6-17,21-22H,18-20H2,1-5H3/b17-10+. The third-order valence-corrected chi connectivity index (χ3v) is 6.95. The van der Waals surface area contributed by atoms with Crippen LogP contribution in [-0.4, -0.2) is 24.0 Å². The molecule has 238 valence electrons. The van der Waals surface area contributed by atoms with E-state index in [9.17, 15) is 22.8 Å². The molecule has 45 heavy (non-hydrogen) atoms. The molecule has 0 radical (unpaired) electrons. The number of carbonyl (C=O) groups excluding carboxylic acids is 1. The number of aryl methyl sites for hydroxylation is 1. The number of ether oxygens (including phenoxy) is 2. The van der Waals surface area contributed by atoms with Gasteiger partial charge in [-0.25, -0.2) is 4.79 Å². The van der Waals surface area contributed by atoms with Gasteiger partial charge in [0.15, 0.2) is 0 Å². The van der Waals surface area contributed by atoms with Gasteiger partial charge >= 0.3 is 12.1 Å². The van der Waals surface area contributed by atoms with Gasteiger partial charge in [-0.15, -0.1) is 0 Å². The molecule has 1 heterocycles. The Hall–Kier alpha value is -4.08. The Balaban J connectivity index is 1.86. The van der Waals surface area contributed by atoms with Crippen LogP contribution in [0.15, 0.2) is 76.0 Å². The zero-order valence-corrected chi connectivity index (χ0v) is 26.5. The first-order chi connectivity index (χ1) is 21.2. The lowest BCUT2D eigenvalue weighted by Gasteiger charge is -2.27. The van der Waals surface area contributed by atoms with E-state index in [4.69, 9.17) is 25.5 Å². The first-order valence-electron chi connectivity index (χ1n) is 14.5. The summed E-state index contributed by atoms with van der Waals surface area (Å²) < 4.78 is 59.9. The topological polar surface area (TPSA) is 69.0 Å². The monoisotopic (exact) mass is 641 g/mol. The van der Waals surface area contributed by atoms with E-state index in [-0.39, 0.29) is 46.4 Å². The average Bonchev–Trinajstić information content (AvgIpc) is 2.95. The van der Waals surface area contributed by atoms with Crippen LogP contribution in [0, 0.1) is 18.8 Å². The molecule has 10 heteroatoms. The SMILES string of the molecule is Cc1ccc(/C=C/C(=O)Oc2ccc3c(=O)c(Oc4ccc(Cl)cc4)c(C(F)(F)F)oc3c2CN(CC(C)C)CC(C)C)cc1. The summed E-state index contributed by atoms with van der Waals surface area (Å²) in [6.07, 6.45) is -2.26. The van der Waals surface area contributed by atoms with Gasteiger partial charge in [-0.05, 0) is 66.8 Å². The van der Waals surface area contributed by atoms with Crippen LogP contribution in [0.4, 0.5) is 13.2 Å². The minimum Gasteiger partial charge on any atom is -0.449 e. The highest BCUT2D eigenvalue weighted by Gasteiger charge is 2.41. The third kappa shape index (κ3) is 8.99. The Morgan fingerprint density at radius 3 is 2.16 bits per heavy atom. The van der Waals surface area contributed by atoms with Gasteiger partial charge in [-0.1, -0.05) is 69.1 Å². The van der Waals surface area contributed by atoms with Gasteiger partial charge in [-0.3, -0.25) is 9.69 Å². The molecule has 1 aromatic heterocycles. The van der Waals surface area contributed by atoms with Gasteiger partial charge in [0.2, 0.25) is 11.2 Å². The zero-order chi connectivity index (χ0) is 32.9. The van der Waals surface area contributed by atoms with E-state index >= 15 is 0 Å². The molecule has 0 fully saturated rings. The van der Waals surface area contributed by atoms with Crippen molar-refractivity contribution in [3.63, 3.8) is 0 Å². The number of esters is 1. The van der Waals surface area contributed by atoms with Crippen molar-refractivity contribution in [1.29, 1.82) is 0 Å². The molecule has 6 nitrogen and oxygen atoms in total. The molecule has 0 amide bonds. The van der Waals surface area contributed by atoms with Crippen molar-refractivity contribution < 1.29 is 31.9 Å². The van der Waals surface area contributed by atoms with Crippen molar-refractivity contribution in [1.82, 2.24) is 4.90 Å². The molecule has 0 bridgehead atoms. The molecular formula is C35H35ClF3NO5. The summed E-state index contributed by atoms with van der Waals surface area (Å²) in [5.41, 5.74) is 0.624. The Morgan fingerprint density at radius 1 is 0.956 bits per heavy atom. The molecule has 0 saturated carbocycles. The maximum absolute atomic E-state index is 14.4. The molecule has 0 aliphatic carbocycles. The molecule has 0 aliphatic rings. The maximum atomic E-state index is 14.4. The summed E-state index contributed by atoms with van der Waals surface area (Å²) in [6.45, 7) is 11.3. The van der Waals surface area contributed by atoms with E-state index in [1.54, 1.807) is 6.08 Å². The van der Waals surface area contributed by atoms with Gasteiger partial charge in [0, 0.05) is 30.7 Å². The van der Waals surface area contributed by atoms with Crippen molar-refractivity contribution >= 4 is 34.6 Å². The minimum atomic E-state index is -5.08. The number of rotatable bonds is 11. The molecule has 3 aromatic carbocycles. The number of carbonyl (C=O) groups is 1. The second-order valence-corrected chi connectivity index (χ2v) is 12.1. The van der Waals surface area contributed by atoms with Crippen molar-refractivity contribution in [2.75, 3.05) is 13.1 Å². The number of alkyl halides is 3. The quantitative estimate of drug-likeness (QED) is 0.0924. The molecule has 0 spiro atoms. The number of hydrogen-bond donors (Lipinski definition) is 0. The van der Waals surface area contributed by atoms with Gasteiger partial charge in [-0.2, -0.15) is 13.2 Å². The van der Waals surface area contributed by atoms with Crippen LogP contribution < -0.4 is 14.9 Å². The van der Waals surface area contributed by atoms with Gasteiger partial charge in [0.05, 0.1) is 10.9 Å². The molecule has 0 N–H and O–H groups in total. The highest BCUT2D eigenvalue weighted by Crippen LogP contribution is 2.40. The van der Waals surface area contributed by atoms with Crippen LogP contribution in [0.1, 0.15) is 50.1 Å². The Labute approximate surface area is 265 Å². The smallest absolute Gasteiger partial charge is 0.449 e. The van der Waals surface area contributed by atoms with E-state index in [1.165, 1.54) is 42.5 Å². The molecule has 0 aliphatic heterocycles. The maximum Gasteiger partial charge on any atom is 0.453 e. The summed E-state index contributed by atoms with van der Waals surface area (Å²) in [5.74, 6) is -2.94. The molecule has 0 unspecified atom stereocenters. The predicted molar refractivity (Wildman–Crippen MR) is 170 cm³/mol. The summed E-state index contributed by atoms with van der Waals surface area (Å²) >= 11 is 5.90. The molecule has 4 rings (SSSR count). The summed E-state index contributed by atoms with van der Waals surface area (Å²) in [7, 11) is 0. The minimum absolute atomic E-state index is 0.0128. The second kappa shape index (κ2) is 14.3. The summed E-state index contributed by atoms with van der Waals surface area (Å²) in [6, 6.07) is 15.7. The van der Waals surface area contributed by atoms with Crippen LogP contribution in [0.25, 0.3) is 17.0 Å². The average molecular weight is 642 g/mol. The van der Waals surface area contributed by atoms with Crippen molar-refractivity contribution in [3.05, 3.63) is 104 Å². The zero-order valence-electron chi connectivity index (χ0n) is 25.7. The molecule has 0 saturated heterocycles. The Morgan fingerprint density at radius 2 is 1.58 bits per heavy atom. The lowest BCUT2D eigenvalue weighted by molar-refractivity contribution is -0.154. The van der Waals surface area contributed by atoms with E-state index in [0.717, 1.165) is 11.1 Å². The fraction of sp³-hybridized carbons (Fsp3) is 0.314. The van der Waals surface area contributed by atoms with E-state index in [2.05, 4.69) is 0 Å². The Kier molecular flexibility index (Phi) is 10.8. The van der Waals surface area contributed by atoms with Crippen LogP contribution in [0.5, 0.6) is 17.2 Å². The molecule has 0 atom stereocenters. The van der Waals surface area contributed by atoms with E-state index < -0.39 is 29.1 Å².